The van der Waals surface area contributed by atoms with E-state index < -0.39 is 12.0 Å². The van der Waals surface area contributed by atoms with Crippen LogP contribution in [0.2, 0.25) is 0 Å². The average Bonchev–Trinajstić information content (AvgIpc) is 2.20. The fourth-order valence-electron chi connectivity index (χ4n) is 1.15. The van der Waals surface area contributed by atoms with Gasteiger partial charge in [-0.15, -0.1) is 0 Å². The summed E-state index contributed by atoms with van der Waals surface area (Å²) in [5, 5.41) is 22.8. The van der Waals surface area contributed by atoms with Crippen molar-refractivity contribution < 1.29 is 19.8 Å². The molecule has 0 unspecified atom stereocenters. The maximum absolute atomic E-state index is 11.2. The maximum atomic E-state index is 11.2. The summed E-state index contributed by atoms with van der Waals surface area (Å²) in [4.78, 5) is 22.0. The lowest BCUT2D eigenvalue weighted by molar-refractivity contribution is 0.0697. The first-order valence-corrected chi connectivity index (χ1v) is 4.65. The molecule has 0 fully saturated rings. The van der Waals surface area contributed by atoms with Gasteiger partial charge in [-0.1, -0.05) is 0 Å². The molecule has 0 saturated heterocycles. The van der Waals surface area contributed by atoms with Gasteiger partial charge in [-0.2, -0.15) is 0 Å². The molecule has 1 rings (SSSR count). The molecular formula is C10H12N2O4. The second-order valence-corrected chi connectivity index (χ2v) is 3.02. The smallest absolute Gasteiger partial charge is 0.337 e. The van der Waals surface area contributed by atoms with Gasteiger partial charge in [-0.05, 0) is 25.1 Å². The standard InChI is InChI=1S/C10H12N2O4/c1-2-11-10(16)12-8-4-3-6(13)5-7(8)9(14)15/h3-5,13H,2H2,1H3,(H,14,15)(H2,11,12,16). The number of phenolic OH excluding ortho intramolecular Hbond substituents is 1. The van der Waals surface area contributed by atoms with Crippen LogP contribution in [-0.2, 0) is 0 Å². The fourth-order valence-corrected chi connectivity index (χ4v) is 1.15. The van der Waals surface area contributed by atoms with Crippen LogP contribution in [0.4, 0.5) is 10.5 Å². The molecule has 0 bridgehead atoms. The molecule has 0 heterocycles. The maximum Gasteiger partial charge on any atom is 0.337 e. The first-order valence-electron chi connectivity index (χ1n) is 4.65. The minimum atomic E-state index is -1.22. The quantitative estimate of drug-likeness (QED) is 0.580. The number of hydrogen-bond acceptors (Lipinski definition) is 3. The van der Waals surface area contributed by atoms with Crippen LogP contribution in [0.3, 0.4) is 0 Å². The monoisotopic (exact) mass is 224 g/mol. The number of amides is 2. The number of aromatic carboxylic acids is 1. The molecule has 86 valence electrons. The van der Waals surface area contributed by atoms with E-state index in [1.54, 1.807) is 6.92 Å². The van der Waals surface area contributed by atoms with Crippen LogP contribution in [-0.4, -0.2) is 28.8 Å². The molecule has 0 atom stereocenters. The molecule has 0 aliphatic carbocycles. The minimum Gasteiger partial charge on any atom is -0.508 e. The number of rotatable bonds is 3. The SMILES string of the molecule is CCNC(=O)Nc1ccc(O)cc1C(=O)O. The molecule has 0 spiro atoms. The number of anilines is 1. The number of benzene rings is 1. The van der Waals surface area contributed by atoms with Gasteiger partial charge in [0.15, 0.2) is 0 Å². The Hall–Kier alpha value is -2.24. The summed E-state index contributed by atoms with van der Waals surface area (Å²) in [6.07, 6.45) is 0. The second kappa shape index (κ2) is 5.01. The molecule has 0 radical (unpaired) electrons. The minimum absolute atomic E-state index is 0.135. The number of aromatic hydroxyl groups is 1. The lowest BCUT2D eigenvalue weighted by Crippen LogP contribution is -2.28. The van der Waals surface area contributed by atoms with Crippen molar-refractivity contribution in [3.05, 3.63) is 23.8 Å². The van der Waals surface area contributed by atoms with E-state index >= 15 is 0 Å². The summed E-state index contributed by atoms with van der Waals surface area (Å²) < 4.78 is 0. The fraction of sp³-hybridized carbons (Fsp3) is 0.200. The third-order valence-electron chi connectivity index (χ3n) is 1.82. The number of carboxylic acids is 1. The summed E-state index contributed by atoms with van der Waals surface area (Å²) >= 11 is 0. The number of hydrogen-bond donors (Lipinski definition) is 4. The Morgan fingerprint density at radius 3 is 2.62 bits per heavy atom. The first-order chi connectivity index (χ1) is 7.54. The van der Waals surface area contributed by atoms with Gasteiger partial charge >= 0.3 is 12.0 Å². The number of nitrogens with one attached hydrogen (secondary N) is 2. The Labute approximate surface area is 91.9 Å². The molecule has 4 N–H and O–H groups in total. The molecule has 1 aromatic rings. The zero-order valence-corrected chi connectivity index (χ0v) is 8.65. The van der Waals surface area contributed by atoms with Crippen molar-refractivity contribution in [1.29, 1.82) is 0 Å². The molecule has 0 aromatic heterocycles. The Morgan fingerprint density at radius 1 is 1.38 bits per heavy atom. The summed E-state index contributed by atoms with van der Waals surface area (Å²) in [5.74, 6) is -1.39. The lowest BCUT2D eigenvalue weighted by atomic mass is 10.1. The first kappa shape index (κ1) is 11.8. The van der Waals surface area contributed by atoms with Crippen LogP contribution in [0.5, 0.6) is 5.75 Å². The number of carbonyl (C=O) groups excluding carboxylic acids is 1. The van der Waals surface area contributed by atoms with Crippen LogP contribution >= 0.6 is 0 Å². The number of phenols is 1. The van der Waals surface area contributed by atoms with Gasteiger partial charge < -0.3 is 20.8 Å². The zero-order chi connectivity index (χ0) is 12.1. The van der Waals surface area contributed by atoms with Crippen molar-refractivity contribution in [1.82, 2.24) is 5.32 Å². The predicted molar refractivity (Wildman–Crippen MR) is 57.8 cm³/mol. The van der Waals surface area contributed by atoms with Crippen LogP contribution in [0.1, 0.15) is 17.3 Å². The molecule has 16 heavy (non-hydrogen) atoms. The normalized spacial score (nSPS) is 9.56. The third kappa shape index (κ3) is 2.88. The van der Waals surface area contributed by atoms with E-state index in [9.17, 15) is 9.59 Å². The highest BCUT2D eigenvalue weighted by Crippen LogP contribution is 2.21. The van der Waals surface area contributed by atoms with E-state index in [0.29, 0.717) is 6.54 Å². The number of carbonyl (C=O) groups is 2. The highest BCUT2D eigenvalue weighted by molar-refractivity contribution is 6.00. The van der Waals surface area contributed by atoms with Gasteiger partial charge in [-0.25, -0.2) is 9.59 Å². The van der Waals surface area contributed by atoms with E-state index in [-0.39, 0.29) is 17.0 Å². The Kier molecular flexibility index (Phi) is 3.71. The van der Waals surface area contributed by atoms with Gasteiger partial charge in [0.2, 0.25) is 0 Å². The summed E-state index contributed by atoms with van der Waals surface area (Å²) in [5.41, 5.74) is -0.0255. The Balaban J connectivity index is 2.95. The topological polar surface area (TPSA) is 98.7 Å². The van der Waals surface area contributed by atoms with Crippen LogP contribution in [0.25, 0.3) is 0 Å². The largest absolute Gasteiger partial charge is 0.508 e. The summed E-state index contributed by atoms with van der Waals surface area (Å²) in [7, 11) is 0. The molecule has 0 aliphatic heterocycles. The van der Waals surface area contributed by atoms with Crippen LogP contribution in [0.15, 0.2) is 18.2 Å². The van der Waals surface area contributed by atoms with Gasteiger partial charge in [0.1, 0.15) is 5.75 Å². The van der Waals surface area contributed by atoms with Gasteiger partial charge in [0, 0.05) is 6.54 Å². The molecule has 0 aliphatic rings. The van der Waals surface area contributed by atoms with Crippen molar-refractivity contribution >= 4 is 17.7 Å². The molecule has 0 saturated carbocycles. The van der Waals surface area contributed by atoms with Gasteiger partial charge in [-0.3, -0.25) is 0 Å². The zero-order valence-electron chi connectivity index (χ0n) is 8.65. The Morgan fingerprint density at radius 2 is 2.06 bits per heavy atom. The lowest BCUT2D eigenvalue weighted by Gasteiger charge is -2.08. The molecular weight excluding hydrogens is 212 g/mol. The molecule has 1 aromatic carbocycles. The molecule has 2 amide bonds. The van der Waals surface area contributed by atoms with E-state index in [2.05, 4.69) is 10.6 Å². The average molecular weight is 224 g/mol. The Bertz CT molecular complexity index is 417. The highest BCUT2D eigenvalue weighted by Gasteiger charge is 2.12. The number of carboxylic acid groups (broad SMARTS) is 1. The van der Waals surface area contributed by atoms with Gasteiger partial charge in [0.25, 0.3) is 0 Å². The van der Waals surface area contributed by atoms with Crippen molar-refractivity contribution in [2.75, 3.05) is 11.9 Å². The highest BCUT2D eigenvalue weighted by atomic mass is 16.4. The summed E-state index contributed by atoms with van der Waals surface area (Å²) in [6.45, 7) is 2.18. The van der Waals surface area contributed by atoms with Crippen LogP contribution in [0, 0.1) is 0 Å². The summed E-state index contributed by atoms with van der Waals surface area (Å²) in [6, 6.07) is 3.21. The second-order valence-electron chi connectivity index (χ2n) is 3.02. The van der Waals surface area contributed by atoms with Crippen molar-refractivity contribution in [2.24, 2.45) is 0 Å². The number of urea groups is 1. The van der Waals surface area contributed by atoms with E-state index in [4.69, 9.17) is 10.2 Å². The van der Waals surface area contributed by atoms with Crippen molar-refractivity contribution in [2.45, 2.75) is 6.92 Å². The van der Waals surface area contributed by atoms with E-state index in [0.717, 1.165) is 6.07 Å². The predicted octanol–water partition coefficient (Wildman–Crippen LogP) is 1.23. The van der Waals surface area contributed by atoms with Gasteiger partial charge in [0.05, 0.1) is 11.3 Å². The van der Waals surface area contributed by atoms with Crippen molar-refractivity contribution in [3.63, 3.8) is 0 Å². The van der Waals surface area contributed by atoms with Crippen molar-refractivity contribution in [3.8, 4) is 5.75 Å². The third-order valence-corrected chi connectivity index (χ3v) is 1.82. The molecule has 6 heteroatoms. The van der Waals surface area contributed by atoms with E-state index in [1.807, 2.05) is 0 Å². The van der Waals surface area contributed by atoms with E-state index in [1.165, 1.54) is 12.1 Å². The molecule has 6 nitrogen and oxygen atoms in total. The van der Waals surface area contributed by atoms with Crippen LogP contribution < -0.4 is 10.6 Å².